The summed E-state index contributed by atoms with van der Waals surface area (Å²) in [6, 6.07) is 0. The van der Waals surface area contributed by atoms with Crippen LogP contribution in [0.2, 0.25) is 0 Å². The van der Waals surface area contributed by atoms with Crippen molar-refractivity contribution in [2.45, 2.75) is 44.2 Å². The molecule has 25 heavy (non-hydrogen) atoms. The van der Waals surface area contributed by atoms with E-state index in [1.165, 1.54) is 6.92 Å². The summed E-state index contributed by atoms with van der Waals surface area (Å²) in [6.45, 7) is 4.66. The molecule has 6 nitrogen and oxygen atoms in total. The van der Waals surface area contributed by atoms with E-state index in [1.807, 2.05) is 0 Å². The summed E-state index contributed by atoms with van der Waals surface area (Å²) in [5.74, 6) is -10.1. The van der Waals surface area contributed by atoms with Crippen molar-refractivity contribution in [2.75, 3.05) is 13.2 Å². The van der Waals surface area contributed by atoms with Crippen molar-refractivity contribution in [1.29, 1.82) is 0 Å². The van der Waals surface area contributed by atoms with Gasteiger partial charge in [-0.15, -0.1) is 0 Å². The summed E-state index contributed by atoms with van der Waals surface area (Å²) in [5.41, 5.74) is -0.151. The van der Waals surface area contributed by atoms with E-state index < -0.39 is 54.3 Å². The van der Waals surface area contributed by atoms with Crippen molar-refractivity contribution >= 4 is 30.4 Å². The fourth-order valence-corrected chi connectivity index (χ4v) is 1.33. The Morgan fingerprint density at radius 2 is 1.64 bits per heavy atom. The molecule has 0 spiro atoms. The number of ketones is 1. The molecule has 0 fully saturated rings. The number of hydrogen-bond acceptors (Lipinski definition) is 7. The number of hydrogen-bond donors (Lipinski definition) is 1. The van der Waals surface area contributed by atoms with Gasteiger partial charge in [0.1, 0.15) is 6.61 Å². The largest absolute Gasteiger partial charge is 0.453 e. The highest BCUT2D eigenvalue weighted by molar-refractivity contribution is 7.81. The first-order chi connectivity index (χ1) is 11.1. The monoisotopic (exact) mass is 390 g/mol. The van der Waals surface area contributed by atoms with Crippen LogP contribution < -0.4 is 0 Å². The van der Waals surface area contributed by atoms with E-state index in [1.54, 1.807) is 0 Å². The van der Waals surface area contributed by atoms with Gasteiger partial charge < -0.3 is 14.2 Å². The van der Waals surface area contributed by atoms with Gasteiger partial charge in [-0.05, 0) is 13.8 Å². The van der Waals surface area contributed by atoms with Crippen LogP contribution in [-0.2, 0) is 28.6 Å². The van der Waals surface area contributed by atoms with Gasteiger partial charge in [-0.1, -0.05) is 19.2 Å². The second-order valence-corrected chi connectivity index (χ2v) is 5.80. The Bertz CT molecular complexity index is 546. The first-order valence-corrected chi connectivity index (χ1v) is 7.24. The number of carbonyl (C=O) groups excluding carboxylic acids is 3. The summed E-state index contributed by atoms with van der Waals surface area (Å²) in [6.07, 6.45) is -1.52. The molecule has 11 heteroatoms. The highest BCUT2D eigenvalue weighted by atomic mass is 32.1. The van der Waals surface area contributed by atoms with Gasteiger partial charge in [0.15, 0.2) is 5.78 Å². The lowest BCUT2D eigenvalue weighted by Gasteiger charge is -2.28. The Labute approximate surface area is 146 Å². The topological polar surface area (TPSA) is 78.9 Å². The van der Waals surface area contributed by atoms with E-state index in [2.05, 4.69) is 23.9 Å². The first-order valence-electron chi connectivity index (χ1n) is 6.80. The number of rotatable bonds is 10. The molecule has 0 aliphatic rings. The number of carbonyl (C=O) groups is 3. The minimum absolute atomic E-state index is 0.151. The summed E-state index contributed by atoms with van der Waals surface area (Å²) in [7, 11) is 0. The van der Waals surface area contributed by atoms with Crippen LogP contribution in [0, 0.1) is 0 Å². The maximum atomic E-state index is 13.2. The molecular weight excluding hydrogens is 372 g/mol. The molecule has 1 atom stereocenters. The molecule has 0 saturated carbocycles. The van der Waals surface area contributed by atoms with Crippen molar-refractivity contribution < 1.29 is 46.2 Å². The Kier molecular flexibility index (Phi) is 8.09. The zero-order valence-corrected chi connectivity index (χ0v) is 14.6. The molecule has 0 aromatic carbocycles. The van der Waals surface area contributed by atoms with Gasteiger partial charge in [0.05, 0.1) is 6.61 Å². The third-order valence-corrected chi connectivity index (χ3v) is 2.97. The molecule has 0 heterocycles. The molecule has 1 unspecified atom stereocenters. The van der Waals surface area contributed by atoms with Crippen molar-refractivity contribution in [2.24, 2.45) is 0 Å². The summed E-state index contributed by atoms with van der Waals surface area (Å²) in [5, 5.41) is -4.61. The van der Waals surface area contributed by atoms with Gasteiger partial charge in [0.2, 0.25) is 0 Å². The number of alkyl halides is 4. The molecule has 0 aliphatic heterocycles. The minimum atomic E-state index is -4.61. The van der Waals surface area contributed by atoms with E-state index in [9.17, 15) is 31.9 Å². The highest BCUT2D eigenvalue weighted by Crippen LogP contribution is 2.40. The van der Waals surface area contributed by atoms with Crippen molar-refractivity contribution in [3.63, 3.8) is 0 Å². The second-order valence-electron chi connectivity index (χ2n) is 5.24. The zero-order chi connectivity index (χ0) is 20.1. The zero-order valence-electron chi connectivity index (χ0n) is 13.7. The Morgan fingerprint density at radius 3 is 2.04 bits per heavy atom. The van der Waals surface area contributed by atoms with Crippen LogP contribution in [0.25, 0.3) is 0 Å². The summed E-state index contributed by atoms with van der Waals surface area (Å²) >= 11 is 2.49. The van der Waals surface area contributed by atoms with Crippen LogP contribution in [0.5, 0.6) is 0 Å². The third kappa shape index (κ3) is 7.43. The SMILES string of the molecule is C=C(C)C(=O)OC(C)(OCCC(F)(F)C(F)(F)S)C(=O)OCC(C)=O. The van der Waals surface area contributed by atoms with Crippen LogP contribution in [0.4, 0.5) is 17.6 Å². The fourth-order valence-electron chi connectivity index (χ4n) is 1.22. The van der Waals surface area contributed by atoms with Crippen molar-refractivity contribution in [1.82, 2.24) is 0 Å². The molecule has 0 bridgehead atoms. The number of Topliss-reactive ketones (excluding diaryl/α,β-unsaturated/α-hetero) is 1. The highest BCUT2D eigenvalue weighted by Gasteiger charge is 2.53. The molecule has 0 radical (unpaired) electrons. The lowest BCUT2D eigenvalue weighted by atomic mass is 10.2. The van der Waals surface area contributed by atoms with E-state index >= 15 is 0 Å². The van der Waals surface area contributed by atoms with Gasteiger partial charge in [-0.2, -0.15) is 17.6 Å². The van der Waals surface area contributed by atoms with E-state index in [-0.39, 0.29) is 5.57 Å². The van der Waals surface area contributed by atoms with Crippen molar-refractivity contribution in [3.05, 3.63) is 12.2 Å². The fraction of sp³-hybridized carbons (Fsp3) is 0.643. The number of ether oxygens (including phenoxy) is 3. The van der Waals surface area contributed by atoms with Crippen LogP contribution in [-0.4, -0.2) is 47.9 Å². The third-order valence-electron chi connectivity index (χ3n) is 2.65. The van der Waals surface area contributed by atoms with E-state index in [0.29, 0.717) is 0 Å². The van der Waals surface area contributed by atoms with Gasteiger partial charge in [0.25, 0.3) is 0 Å². The average molecular weight is 390 g/mol. The van der Waals surface area contributed by atoms with E-state index in [4.69, 9.17) is 9.47 Å². The number of thiol groups is 1. The van der Waals surface area contributed by atoms with Crippen molar-refractivity contribution in [3.8, 4) is 0 Å². The van der Waals surface area contributed by atoms with Gasteiger partial charge in [-0.25, -0.2) is 9.59 Å². The van der Waals surface area contributed by atoms with Gasteiger partial charge >= 0.3 is 28.9 Å². The Hall–Kier alpha value is -1.62. The average Bonchev–Trinajstić information content (AvgIpc) is 2.42. The van der Waals surface area contributed by atoms with Crippen LogP contribution in [0.3, 0.4) is 0 Å². The molecule has 0 aliphatic carbocycles. The first kappa shape index (κ1) is 23.4. The quantitative estimate of drug-likeness (QED) is 0.203. The predicted octanol–water partition coefficient (Wildman–Crippen LogP) is 2.52. The second kappa shape index (κ2) is 8.65. The Morgan fingerprint density at radius 1 is 1.12 bits per heavy atom. The predicted molar refractivity (Wildman–Crippen MR) is 80.4 cm³/mol. The normalized spacial score (nSPS) is 14.4. The molecule has 0 aromatic heterocycles. The molecule has 0 saturated heterocycles. The lowest BCUT2D eigenvalue weighted by molar-refractivity contribution is -0.242. The maximum Gasteiger partial charge on any atom is 0.379 e. The number of halogens is 4. The van der Waals surface area contributed by atoms with Crippen LogP contribution >= 0.6 is 12.6 Å². The molecule has 0 rings (SSSR count). The standard InChI is InChI=1S/C14H18F4O6S/c1-8(2)10(20)24-12(4,11(21)22-7-9(3)19)23-6-5-13(15,16)14(17,18)25/h25H,1,5-7H2,2-4H3. The maximum absolute atomic E-state index is 13.2. The smallest absolute Gasteiger partial charge is 0.379 e. The Balaban J connectivity index is 5.13. The lowest BCUT2D eigenvalue weighted by Crippen LogP contribution is -2.46. The summed E-state index contributed by atoms with van der Waals surface area (Å²) in [4.78, 5) is 34.3. The summed E-state index contributed by atoms with van der Waals surface area (Å²) < 4.78 is 65.6. The van der Waals surface area contributed by atoms with Crippen LogP contribution in [0.15, 0.2) is 12.2 Å². The van der Waals surface area contributed by atoms with E-state index in [0.717, 1.165) is 13.8 Å². The number of esters is 2. The molecule has 0 amide bonds. The molecule has 144 valence electrons. The van der Waals surface area contributed by atoms with Gasteiger partial charge in [-0.3, -0.25) is 4.79 Å². The molecular formula is C14H18F4O6S. The van der Waals surface area contributed by atoms with Crippen LogP contribution in [0.1, 0.15) is 27.2 Å². The molecule has 0 N–H and O–H groups in total. The minimum Gasteiger partial charge on any atom is -0.453 e. The van der Waals surface area contributed by atoms with Gasteiger partial charge in [0, 0.05) is 18.9 Å². The molecule has 0 aromatic rings.